The molecular formula is C29H22IrN2-2. The average Bonchev–Trinajstić information content (AvgIpc) is 2.90. The van der Waals surface area contributed by atoms with Gasteiger partial charge in [0.15, 0.2) is 0 Å². The minimum atomic E-state index is -2.09. The summed E-state index contributed by atoms with van der Waals surface area (Å²) >= 11 is 0. The summed E-state index contributed by atoms with van der Waals surface area (Å²) in [5, 5.41) is 0. The van der Waals surface area contributed by atoms with Crippen molar-refractivity contribution in [2.45, 2.75) is 6.85 Å². The van der Waals surface area contributed by atoms with Crippen LogP contribution in [0.4, 0.5) is 0 Å². The molecule has 0 aliphatic carbocycles. The van der Waals surface area contributed by atoms with E-state index in [1.165, 1.54) is 17.3 Å². The molecule has 159 valence electrons. The Morgan fingerprint density at radius 2 is 1.44 bits per heavy atom. The molecule has 5 aromatic rings. The molecule has 0 N–H and O–H groups in total. The largest absolute Gasteiger partial charge is 0.305 e. The van der Waals surface area contributed by atoms with E-state index in [4.69, 9.17) is 4.11 Å². The van der Waals surface area contributed by atoms with E-state index in [1.807, 2.05) is 60.7 Å². The Hall–Kier alpha value is -3.39. The molecule has 0 saturated heterocycles. The maximum absolute atomic E-state index is 7.23. The van der Waals surface area contributed by atoms with Gasteiger partial charge in [0.25, 0.3) is 0 Å². The molecule has 3 heteroatoms. The third-order valence-corrected chi connectivity index (χ3v) is 4.61. The molecule has 32 heavy (non-hydrogen) atoms. The molecule has 0 aliphatic rings. The van der Waals surface area contributed by atoms with E-state index in [9.17, 15) is 0 Å². The van der Waals surface area contributed by atoms with Crippen LogP contribution in [-0.2, 0) is 20.1 Å². The Morgan fingerprint density at radius 1 is 0.656 bits per heavy atom. The molecule has 0 saturated carbocycles. The van der Waals surface area contributed by atoms with Crippen molar-refractivity contribution in [3.8, 4) is 33.6 Å². The summed E-state index contributed by atoms with van der Waals surface area (Å²) < 4.78 is 21.7. The fourth-order valence-electron chi connectivity index (χ4n) is 3.02. The molecule has 0 bridgehead atoms. The zero-order valence-corrected chi connectivity index (χ0v) is 19.6. The fraction of sp³-hybridized carbons (Fsp3) is 0.0345. The van der Waals surface area contributed by atoms with Crippen molar-refractivity contribution in [3.63, 3.8) is 0 Å². The molecule has 2 aromatic heterocycles. The predicted molar refractivity (Wildman–Crippen MR) is 127 cm³/mol. The Labute approximate surface area is 207 Å². The Bertz CT molecular complexity index is 1230. The Kier molecular flexibility index (Phi) is 7.15. The SMILES string of the molecule is [2H]C([2H])([2H])c1ccc(-c2[c-]cccc2)nc1.[Ir].[c-]1cc(-c2ccccc2)ccc1-c1ccccn1. The second-order valence-corrected chi connectivity index (χ2v) is 6.78. The first-order chi connectivity index (χ1) is 16.5. The molecule has 5 rings (SSSR count). The van der Waals surface area contributed by atoms with E-state index in [1.54, 1.807) is 24.4 Å². The van der Waals surface area contributed by atoms with Crippen LogP contribution < -0.4 is 0 Å². The van der Waals surface area contributed by atoms with Crippen molar-refractivity contribution in [3.05, 3.63) is 133 Å². The second-order valence-electron chi connectivity index (χ2n) is 6.78. The maximum atomic E-state index is 7.23. The average molecular weight is 594 g/mol. The number of benzene rings is 3. The van der Waals surface area contributed by atoms with Crippen LogP contribution in [0.1, 0.15) is 9.68 Å². The van der Waals surface area contributed by atoms with Crippen LogP contribution in [0.3, 0.4) is 0 Å². The first kappa shape index (κ1) is 19.3. The second kappa shape index (κ2) is 11.9. The number of pyridine rings is 2. The van der Waals surface area contributed by atoms with Gasteiger partial charge < -0.3 is 9.97 Å². The summed E-state index contributed by atoms with van der Waals surface area (Å²) in [5.74, 6) is 0. The number of aryl methyl sites for hydroxylation is 1. The molecular weight excluding hydrogens is 569 g/mol. The van der Waals surface area contributed by atoms with Gasteiger partial charge in [-0.05, 0) is 29.9 Å². The Balaban J connectivity index is 0.000000192. The number of hydrogen-bond acceptors (Lipinski definition) is 2. The van der Waals surface area contributed by atoms with Crippen LogP contribution in [0, 0.1) is 19.0 Å². The van der Waals surface area contributed by atoms with Crippen molar-refractivity contribution in [1.82, 2.24) is 9.97 Å². The van der Waals surface area contributed by atoms with Crippen molar-refractivity contribution < 1.29 is 24.2 Å². The van der Waals surface area contributed by atoms with E-state index in [2.05, 4.69) is 46.4 Å². The summed E-state index contributed by atoms with van der Waals surface area (Å²) in [6.45, 7) is -2.09. The van der Waals surface area contributed by atoms with Crippen molar-refractivity contribution in [2.24, 2.45) is 0 Å². The van der Waals surface area contributed by atoms with Gasteiger partial charge in [-0.3, -0.25) is 0 Å². The molecule has 0 unspecified atom stereocenters. The normalized spacial score (nSPS) is 11.6. The Morgan fingerprint density at radius 3 is 2.06 bits per heavy atom. The van der Waals surface area contributed by atoms with Gasteiger partial charge in [0, 0.05) is 36.6 Å². The summed E-state index contributed by atoms with van der Waals surface area (Å²) in [6, 6.07) is 39.5. The van der Waals surface area contributed by atoms with Crippen LogP contribution in [-0.4, -0.2) is 9.97 Å². The summed E-state index contributed by atoms with van der Waals surface area (Å²) in [5.41, 5.74) is 6.21. The summed E-state index contributed by atoms with van der Waals surface area (Å²) in [6.07, 6.45) is 3.19. The van der Waals surface area contributed by atoms with Gasteiger partial charge in [0.2, 0.25) is 0 Å². The zero-order valence-electron chi connectivity index (χ0n) is 20.2. The third-order valence-electron chi connectivity index (χ3n) is 4.61. The fourth-order valence-corrected chi connectivity index (χ4v) is 3.02. The van der Waals surface area contributed by atoms with E-state index in [0.717, 1.165) is 22.5 Å². The quantitative estimate of drug-likeness (QED) is 0.209. The van der Waals surface area contributed by atoms with Crippen molar-refractivity contribution in [2.75, 3.05) is 0 Å². The first-order valence-corrected chi connectivity index (χ1v) is 9.93. The zero-order chi connectivity index (χ0) is 23.8. The first-order valence-electron chi connectivity index (χ1n) is 11.4. The number of rotatable bonds is 3. The van der Waals surface area contributed by atoms with Crippen molar-refractivity contribution >= 4 is 0 Å². The van der Waals surface area contributed by atoms with Crippen LogP contribution in [0.5, 0.6) is 0 Å². The number of nitrogens with zero attached hydrogens (tertiary/aromatic N) is 2. The van der Waals surface area contributed by atoms with Crippen LogP contribution in [0.15, 0.2) is 116 Å². The van der Waals surface area contributed by atoms with Crippen LogP contribution >= 0.6 is 0 Å². The minimum Gasteiger partial charge on any atom is -0.305 e. The molecule has 0 amide bonds. The number of hydrogen-bond donors (Lipinski definition) is 0. The van der Waals surface area contributed by atoms with Gasteiger partial charge in [-0.25, -0.2) is 0 Å². The molecule has 2 nitrogen and oxygen atoms in total. The van der Waals surface area contributed by atoms with Gasteiger partial charge in [-0.1, -0.05) is 65.7 Å². The van der Waals surface area contributed by atoms with Gasteiger partial charge in [-0.2, -0.15) is 0 Å². The van der Waals surface area contributed by atoms with Crippen LogP contribution in [0.25, 0.3) is 33.6 Å². The van der Waals surface area contributed by atoms with Crippen LogP contribution in [0.2, 0.25) is 0 Å². The van der Waals surface area contributed by atoms with E-state index in [0.29, 0.717) is 0 Å². The molecule has 0 aliphatic heterocycles. The summed E-state index contributed by atoms with van der Waals surface area (Å²) in [7, 11) is 0. The maximum Gasteiger partial charge on any atom is 0.0280 e. The summed E-state index contributed by atoms with van der Waals surface area (Å²) in [4.78, 5) is 8.44. The predicted octanol–water partition coefficient (Wildman–Crippen LogP) is 7.07. The topological polar surface area (TPSA) is 25.8 Å². The smallest absolute Gasteiger partial charge is 0.0280 e. The standard InChI is InChI=1S/C17H12N.C12H10N.Ir/c1-2-6-14(7-3-1)15-9-11-16(12-10-15)17-8-4-5-13-18-17;1-10-7-8-12(13-9-10)11-5-3-2-4-6-11;/h1-11,13H;2-5,7-9H,1H3;/q2*-1;/i;1D3;. The molecule has 0 spiro atoms. The molecule has 2 heterocycles. The third kappa shape index (κ3) is 6.31. The molecule has 1 radical (unpaired) electrons. The van der Waals surface area contributed by atoms with Gasteiger partial charge >= 0.3 is 0 Å². The van der Waals surface area contributed by atoms with Gasteiger partial charge in [-0.15, -0.1) is 65.7 Å². The van der Waals surface area contributed by atoms with E-state index in [-0.39, 0.29) is 25.7 Å². The van der Waals surface area contributed by atoms with E-state index >= 15 is 0 Å². The minimum absolute atomic E-state index is 0. The van der Waals surface area contributed by atoms with Gasteiger partial charge in [0.1, 0.15) is 0 Å². The number of aromatic nitrogens is 2. The molecule has 0 fully saturated rings. The van der Waals surface area contributed by atoms with E-state index < -0.39 is 6.85 Å². The van der Waals surface area contributed by atoms with Crippen molar-refractivity contribution in [1.29, 1.82) is 0 Å². The molecule has 0 atom stereocenters. The monoisotopic (exact) mass is 594 g/mol. The molecule has 3 aromatic carbocycles. The van der Waals surface area contributed by atoms with Gasteiger partial charge in [0.05, 0.1) is 0 Å².